The van der Waals surface area contributed by atoms with Crippen LogP contribution < -0.4 is 4.90 Å². The molecule has 7 heteroatoms. The van der Waals surface area contributed by atoms with Gasteiger partial charge in [0.15, 0.2) is 0 Å². The van der Waals surface area contributed by atoms with Crippen LogP contribution in [0, 0.1) is 10.1 Å². The van der Waals surface area contributed by atoms with E-state index in [0.29, 0.717) is 11.4 Å². The number of nitrogens with zero attached hydrogens (tertiary/aromatic N) is 5. The van der Waals surface area contributed by atoms with Crippen LogP contribution >= 0.6 is 0 Å². The predicted octanol–water partition coefficient (Wildman–Crippen LogP) is 3.01. The number of non-ortho nitro benzene ring substituents is 1. The topological polar surface area (TPSA) is 77.1 Å². The fraction of sp³-hybridized carbons (Fsp3) is 0.294. The summed E-state index contributed by atoms with van der Waals surface area (Å²) in [5, 5.41) is 12.8. The Morgan fingerprint density at radius 1 is 1.21 bits per heavy atom. The summed E-state index contributed by atoms with van der Waals surface area (Å²) in [4.78, 5) is 21.5. The highest BCUT2D eigenvalue weighted by molar-refractivity contribution is 5.99. The van der Waals surface area contributed by atoms with Crippen molar-refractivity contribution in [1.29, 1.82) is 0 Å². The van der Waals surface area contributed by atoms with Crippen molar-refractivity contribution >= 4 is 22.1 Å². The first-order chi connectivity index (χ1) is 11.7. The standard InChI is InChI=1S/C17H17N5O2/c23-22(24)17-4-3-16(14-5-6-18-10-15(14)17)21-8-1-2-13(21)11-20-9-7-19-12-20/h3-7,9-10,12-13H,1-2,8,11H2. The first-order valence-electron chi connectivity index (χ1n) is 7.97. The average molecular weight is 323 g/mol. The second-order valence-corrected chi connectivity index (χ2v) is 6.03. The summed E-state index contributed by atoms with van der Waals surface area (Å²) in [6.45, 7) is 1.82. The Morgan fingerprint density at radius 3 is 2.92 bits per heavy atom. The van der Waals surface area contributed by atoms with Crippen molar-refractivity contribution in [2.24, 2.45) is 0 Å². The molecule has 24 heavy (non-hydrogen) atoms. The van der Waals surface area contributed by atoms with Gasteiger partial charge in [-0.05, 0) is 25.0 Å². The number of rotatable bonds is 4. The van der Waals surface area contributed by atoms with E-state index in [1.807, 2.05) is 24.7 Å². The number of aromatic nitrogens is 3. The van der Waals surface area contributed by atoms with Gasteiger partial charge in [0, 0.05) is 61.1 Å². The van der Waals surface area contributed by atoms with Gasteiger partial charge in [-0.15, -0.1) is 0 Å². The Morgan fingerprint density at radius 2 is 2.12 bits per heavy atom. The van der Waals surface area contributed by atoms with Crippen LogP contribution in [0.25, 0.3) is 10.8 Å². The van der Waals surface area contributed by atoms with E-state index in [0.717, 1.165) is 37.0 Å². The molecule has 0 saturated carbocycles. The van der Waals surface area contributed by atoms with Crippen molar-refractivity contribution in [3.63, 3.8) is 0 Å². The van der Waals surface area contributed by atoms with Gasteiger partial charge < -0.3 is 9.47 Å². The summed E-state index contributed by atoms with van der Waals surface area (Å²) in [6, 6.07) is 5.68. The second kappa shape index (κ2) is 5.92. The molecule has 1 saturated heterocycles. The molecule has 2 aromatic heterocycles. The van der Waals surface area contributed by atoms with E-state index < -0.39 is 0 Å². The molecular weight excluding hydrogens is 306 g/mol. The molecule has 0 radical (unpaired) electrons. The highest BCUT2D eigenvalue weighted by Crippen LogP contribution is 2.36. The smallest absolute Gasteiger partial charge is 0.278 e. The number of nitro groups is 1. The van der Waals surface area contributed by atoms with Crippen LogP contribution in [0.3, 0.4) is 0 Å². The van der Waals surface area contributed by atoms with E-state index in [2.05, 4.69) is 19.4 Å². The Hall–Kier alpha value is -2.96. The molecule has 0 amide bonds. The zero-order chi connectivity index (χ0) is 16.5. The lowest BCUT2D eigenvalue weighted by Gasteiger charge is -2.28. The number of fused-ring (bicyclic) bond motifs is 1. The average Bonchev–Trinajstić information content (AvgIpc) is 3.26. The molecule has 0 bridgehead atoms. The normalized spacial score (nSPS) is 17.5. The Labute approximate surface area is 138 Å². The molecule has 1 fully saturated rings. The SMILES string of the molecule is O=[N+]([O-])c1ccc(N2CCCC2Cn2ccnc2)c2ccncc12. The van der Waals surface area contributed by atoms with Crippen molar-refractivity contribution in [2.75, 3.05) is 11.4 Å². The summed E-state index contributed by atoms with van der Waals surface area (Å²) >= 11 is 0. The van der Waals surface area contributed by atoms with E-state index in [1.165, 1.54) is 0 Å². The molecule has 1 unspecified atom stereocenters. The Bertz CT molecular complexity index is 878. The third-order valence-electron chi connectivity index (χ3n) is 4.64. The van der Waals surface area contributed by atoms with Crippen LogP contribution in [-0.2, 0) is 6.54 Å². The fourth-order valence-corrected chi connectivity index (χ4v) is 3.55. The number of anilines is 1. The van der Waals surface area contributed by atoms with Gasteiger partial charge in [0.25, 0.3) is 5.69 Å². The van der Waals surface area contributed by atoms with Gasteiger partial charge in [-0.2, -0.15) is 0 Å². The zero-order valence-corrected chi connectivity index (χ0v) is 13.1. The molecular formula is C17H17N5O2. The summed E-state index contributed by atoms with van der Waals surface area (Å²) < 4.78 is 2.08. The molecule has 7 nitrogen and oxygen atoms in total. The van der Waals surface area contributed by atoms with Gasteiger partial charge in [-0.1, -0.05) is 0 Å². The molecule has 3 heterocycles. The lowest BCUT2D eigenvalue weighted by molar-refractivity contribution is -0.383. The first-order valence-corrected chi connectivity index (χ1v) is 7.97. The van der Waals surface area contributed by atoms with Gasteiger partial charge in [0.1, 0.15) is 0 Å². The van der Waals surface area contributed by atoms with E-state index in [-0.39, 0.29) is 10.6 Å². The lowest BCUT2D eigenvalue weighted by atomic mass is 10.1. The molecule has 0 N–H and O–H groups in total. The zero-order valence-electron chi connectivity index (χ0n) is 13.1. The van der Waals surface area contributed by atoms with Crippen LogP contribution in [0.2, 0.25) is 0 Å². The molecule has 4 rings (SSSR count). The van der Waals surface area contributed by atoms with Crippen LogP contribution in [-0.4, -0.2) is 32.0 Å². The van der Waals surface area contributed by atoms with Gasteiger partial charge in [-0.3, -0.25) is 15.1 Å². The van der Waals surface area contributed by atoms with Gasteiger partial charge >= 0.3 is 0 Å². The molecule has 1 atom stereocenters. The Balaban J connectivity index is 1.75. The highest BCUT2D eigenvalue weighted by Gasteiger charge is 2.27. The summed E-state index contributed by atoms with van der Waals surface area (Å²) in [6.07, 6.45) is 11.1. The van der Waals surface area contributed by atoms with E-state index in [4.69, 9.17) is 0 Å². The number of benzene rings is 1. The minimum Gasteiger partial charge on any atom is -0.366 e. The molecule has 122 valence electrons. The number of imidazole rings is 1. The largest absolute Gasteiger partial charge is 0.366 e. The third-order valence-corrected chi connectivity index (χ3v) is 4.64. The maximum Gasteiger partial charge on any atom is 0.278 e. The predicted molar refractivity (Wildman–Crippen MR) is 91.0 cm³/mol. The summed E-state index contributed by atoms with van der Waals surface area (Å²) in [5.41, 5.74) is 1.15. The Kier molecular flexibility index (Phi) is 3.60. The van der Waals surface area contributed by atoms with Crippen molar-refractivity contribution < 1.29 is 4.92 Å². The van der Waals surface area contributed by atoms with Crippen molar-refractivity contribution in [1.82, 2.24) is 14.5 Å². The molecule has 1 aliphatic heterocycles. The van der Waals surface area contributed by atoms with Gasteiger partial charge in [0.2, 0.25) is 0 Å². The van der Waals surface area contributed by atoms with Crippen LogP contribution in [0.4, 0.5) is 11.4 Å². The van der Waals surface area contributed by atoms with Gasteiger partial charge in [0.05, 0.1) is 16.6 Å². The maximum atomic E-state index is 11.3. The maximum absolute atomic E-state index is 11.3. The van der Waals surface area contributed by atoms with Crippen molar-refractivity contribution in [2.45, 2.75) is 25.4 Å². The van der Waals surface area contributed by atoms with E-state index in [9.17, 15) is 10.1 Å². The van der Waals surface area contributed by atoms with Crippen molar-refractivity contribution in [3.05, 3.63) is 59.4 Å². The molecule has 1 aliphatic rings. The highest BCUT2D eigenvalue weighted by atomic mass is 16.6. The fourth-order valence-electron chi connectivity index (χ4n) is 3.55. The number of hydrogen-bond donors (Lipinski definition) is 0. The summed E-state index contributed by atoms with van der Waals surface area (Å²) in [5.74, 6) is 0. The number of hydrogen-bond acceptors (Lipinski definition) is 5. The lowest BCUT2D eigenvalue weighted by Crippen LogP contribution is -2.32. The van der Waals surface area contributed by atoms with Crippen LogP contribution in [0.15, 0.2) is 49.3 Å². The van der Waals surface area contributed by atoms with Gasteiger partial charge in [-0.25, -0.2) is 4.98 Å². The minimum absolute atomic E-state index is 0.104. The molecule has 1 aromatic carbocycles. The first kappa shape index (κ1) is 14.6. The van der Waals surface area contributed by atoms with E-state index >= 15 is 0 Å². The van der Waals surface area contributed by atoms with Crippen molar-refractivity contribution in [3.8, 4) is 0 Å². The summed E-state index contributed by atoms with van der Waals surface area (Å²) in [7, 11) is 0. The quantitative estimate of drug-likeness (QED) is 0.545. The second-order valence-electron chi connectivity index (χ2n) is 6.03. The molecule has 3 aromatic rings. The number of pyridine rings is 1. The van der Waals surface area contributed by atoms with E-state index in [1.54, 1.807) is 24.7 Å². The third kappa shape index (κ3) is 2.47. The monoisotopic (exact) mass is 323 g/mol. The minimum atomic E-state index is -0.346. The van der Waals surface area contributed by atoms with Crippen LogP contribution in [0.1, 0.15) is 12.8 Å². The van der Waals surface area contributed by atoms with Crippen LogP contribution in [0.5, 0.6) is 0 Å². The molecule has 0 spiro atoms. The number of nitro benzene ring substituents is 1. The molecule has 0 aliphatic carbocycles.